The summed E-state index contributed by atoms with van der Waals surface area (Å²) >= 11 is 1.64. The lowest BCUT2D eigenvalue weighted by molar-refractivity contribution is 0.363. The topological polar surface area (TPSA) is 35.0 Å². The SMILES string of the molecule is C=CCOc1cccc(CSc2nc(C)cc(C)n2)c1. The number of ether oxygens (including phenoxy) is 1. The van der Waals surface area contributed by atoms with Crippen molar-refractivity contribution in [2.24, 2.45) is 0 Å². The molecule has 2 aromatic rings. The van der Waals surface area contributed by atoms with Crippen molar-refractivity contribution in [1.82, 2.24) is 9.97 Å². The maximum Gasteiger partial charge on any atom is 0.188 e. The van der Waals surface area contributed by atoms with E-state index in [0.29, 0.717) is 6.61 Å². The Kier molecular flexibility index (Phi) is 5.18. The molecular formula is C16H18N2OS. The fourth-order valence-electron chi connectivity index (χ4n) is 1.79. The molecule has 3 nitrogen and oxygen atoms in total. The van der Waals surface area contributed by atoms with Gasteiger partial charge in [0.1, 0.15) is 12.4 Å². The summed E-state index contributed by atoms with van der Waals surface area (Å²) in [6, 6.07) is 10.0. The lowest BCUT2D eigenvalue weighted by Gasteiger charge is -2.06. The Bertz CT molecular complexity index is 579. The van der Waals surface area contributed by atoms with Gasteiger partial charge in [-0.2, -0.15) is 0 Å². The first-order valence-electron chi connectivity index (χ1n) is 6.45. The normalized spacial score (nSPS) is 10.3. The molecule has 0 saturated heterocycles. The van der Waals surface area contributed by atoms with Gasteiger partial charge in [0.2, 0.25) is 0 Å². The Morgan fingerprint density at radius 1 is 1.20 bits per heavy atom. The molecule has 0 spiro atoms. The molecule has 0 atom stereocenters. The van der Waals surface area contributed by atoms with E-state index in [-0.39, 0.29) is 0 Å². The number of rotatable bonds is 6. The minimum atomic E-state index is 0.525. The van der Waals surface area contributed by atoms with Crippen LogP contribution >= 0.6 is 11.8 Å². The second kappa shape index (κ2) is 7.10. The van der Waals surface area contributed by atoms with Gasteiger partial charge in [0, 0.05) is 17.1 Å². The predicted octanol–water partition coefficient (Wildman–Crippen LogP) is 3.95. The van der Waals surface area contributed by atoms with Crippen LogP contribution in [0.2, 0.25) is 0 Å². The van der Waals surface area contributed by atoms with E-state index in [1.165, 1.54) is 5.56 Å². The molecule has 104 valence electrons. The molecule has 20 heavy (non-hydrogen) atoms. The van der Waals surface area contributed by atoms with E-state index in [1.54, 1.807) is 17.8 Å². The second-order valence-electron chi connectivity index (χ2n) is 4.47. The smallest absolute Gasteiger partial charge is 0.188 e. The molecule has 0 radical (unpaired) electrons. The van der Waals surface area contributed by atoms with Gasteiger partial charge < -0.3 is 4.74 Å². The lowest BCUT2D eigenvalue weighted by atomic mass is 10.2. The molecule has 1 aromatic carbocycles. The van der Waals surface area contributed by atoms with Crippen LogP contribution in [0.15, 0.2) is 48.1 Å². The van der Waals surface area contributed by atoms with Crippen LogP contribution < -0.4 is 4.74 Å². The second-order valence-corrected chi connectivity index (χ2v) is 5.41. The molecule has 0 bridgehead atoms. The molecule has 0 N–H and O–H groups in total. The summed E-state index contributed by atoms with van der Waals surface area (Å²) in [6.07, 6.45) is 1.74. The van der Waals surface area contributed by atoms with Crippen molar-refractivity contribution in [2.75, 3.05) is 6.61 Å². The van der Waals surface area contributed by atoms with Crippen molar-refractivity contribution in [3.63, 3.8) is 0 Å². The van der Waals surface area contributed by atoms with Crippen LogP contribution in [-0.4, -0.2) is 16.6 Å². The highest BCUT2D eigenvalue weighted by Gasteiger charge is 2.02. The van der Waals surface area contributed by atoms with Crippen LogP contribution in [0.4, 0.5) is 0 Å². The zero-order valence-corrected chi connectivity index (χ0v) is 12.6. The minimum Gasteiger partial charge on any atom is -0.490 e. The van der Waals surface area contributed by atoms with E-state index in [0.717, 1.165) is 28.0 Å². The highest BCUT2D eigenvalue weighted by molar-refractivity contribution is 7.98. The number of hydrogen-bond donors (Lipinski definition) is 0. The molecule has 1 aromatic heterocycles. The summed E-state index contributed by atoms with van der Waals surface area (Å²) in [5.41, 5.74) is 3.20. The van der Waals surface area contributed by atoms with Crippen molar-refractivity contribution in [3.8, 4) is 5.75 Å². The van der Waals surface area contributed by atoms with Gasteiger partial charge >= 0.3 is 0 Å². The summed E-state index contributed by atoms with van der Waals surface area (Å²) in [5, 5.41) is 0.819. The lowest BCUT2D eigenvalue weighted by Crippen LogP contribution is -1.95. The van der Waals surface area contributed by atoms with Crippen molar-refractivity contribution in [3.05, 3.63) is 59.9 Å². The van der Waals surface area contributed by atoms with Crippen molar-refractivity contribution in [1.29, 1.82) is 0 Å². The zero-order valence-electron chi connectivity index (χ0n) is 11.8. The maximum absolute atomic E-state index is 5.53. The summed E-state index contributed by atoms with van der Waals surface area (Å²) in [5.74, 6) is 1.69. The molecule has 0 aliphatic rings. The monoisotopic (exact) mass is 286 g/mol. The van der Waals surface area contributed by atoms with Gasteiger partial charge in [0.25, 0.3) is 0 Å². The highest BCUT2D eigenvalue weighted by Crippen LogP contribution is 2.22. The van der Waals surface area contributed by atoms with Crippen molar-refractivity contribution < 1.29 is 4.74 Å². The zero-order chi connectivity index (χ0) is 14.4. The van der Waals surface area contributed by atoms with Crippen LogP contribution in [0.3, 0.4) is 0 Å². The number of nitrogens with zero attached hydrogens (tertiary/aromatic N) is 2. The molecule has 2 rings (SSSR count). The number of thioether (sulfide) groups is 1. The summed E-state index contributed by atoms with van der Waals surface area (Å²) < 4.78 is 5.53. The molecule has 0 aliphatic heterocycles. The number of aromatic nitrogens is 2. The van der Waals surface area contributed by atoms with E-state index >= 15 is 0 Å². The first kappa shape index (κ1) is 14.6. The van der Waals surface area contributed by atoms with E-state index < -0.39 is 0 Å². The van der Waals surface area contributed by atoms with Gasteiger partial charge in [-0.15, -0.1) is 0 Å². The molecule has 0 fully saturated rings. The standard InChI is InChI=1S/C16H18N2OS/c1-4-8-19-15-7-5-6-14(10-15)11-20-16-17-12(2)9-13(3)18-16/h4-7,9-10H,1,8,11H2,2-3H3. The molecular weight excluding hydrogens is 268 g/mol. The van der Waals surface area contributed by atoms with E-state index in [2.05, 4.69) is 22.6 Å². The van der Waals surface area contributed by atoms with Crippen LogP contribution in [0.1, 0.15) is 17.0 Å². The average Bonchev–Trinajstić information content (AvgIpc) is 2.42. The van der Waals surface area contributed by atoms with Crippen LogP contribution in [0.5, 0.6) is 5.75 Å². The van der Waals surface area contributed by atoms with E-state index in [1.807, 2.05) is 38.1 Å². The fraction of sp³-hybridized carbons (Fsp3) is 0.250. The number of aryl methyl sites for hydroxylation is 2. The Labute approximate surface area is 124 Å². The Morgan fingerprint density at radius 2 is 1.95 bits per heavy atom. The average molecular weight is 286 g/mol. The Morgan fingerprint density at radius 3 is 2.65 bits per heavy atom. The summed E-state index contributed by atoms with van der Waals surface area (Å²) in [7, 11) is 0. The Hall–Kier alpha value is -1.81. The van der Waals surface area contributed by atoms with Gasteiger partial charge in [-0.25, -0.2) is 9.97 Å². The van der Waals surface area contributed by atoms with Gasteiger partial charge in [-0.3, -0.25) is 0 Å². The third-order valence-corrected chi connectivity index (χ3v) is 3.51. The van der Waals surface area contributed by atoms with Crippen molar-refractivity contribution >= 4 is 11.8 Å². The minimum absolute atomic E-state index is 0.525. The molecule has 0 aliphatic carbocycles. The molecule has 1 heterocycles. The fourth-order valence-corrected chi connectivity index (χ4v) is 2.68. The summed E-state index contributed by atoms with van der Waals surface area (Å²) in [6.45, 7) is 8.15. The van der Waals surface area contributed by atoms with Crippen LogP contribution in [0.25, 0.3) is 0 Å². The predicted molar refractivity (Wildman–Crippen MR) is 83.2 cm³/mol. The van der Waals surface area contributed by atoms with Crippen LogP contribution in [-0.2, 0) is 5.75 Å². The van der Waals surface area contributed by atoms with Gasteiger partial charge in [0.15, 0.2) is 5.16 Å². The van der Waals surface area contributed by atoms with Gasteiger partial charge in [-0.05, 0) is 37.6 Å². The third-order valence-electron chi connectivity index (χ3n) is 2.60. The number of hydrogen-bond acceptors (Lipinski definition) is 4. The highest BCUT2D eigenvalue weighted by atomic mass is 32.2. The summed E-state index contributed by atoms with van der Waals surface area (Å²) in [4.78, 5) is 8.86. The van der Waals surface area contributed by atoms with Crippen molar-refractivity contribution in [2.45, 2.75) is 24.8 Å². The molecule has 0 saturated carbocycles. The maximum atomic E-state index is 5.53. The first-order chi connectivity index (χ1) is 9.67. The van der Waals surface area contributed by atoms with Gasteiger partial charge in [-0.1, -0.05) is 36.5 Å². The Balaban J connectivity index is 2.01. The largest absolute Gasteiger partial charge is 0.490 e. The van der Waals surface area contributed by atoms with E-state index in [9.17, 15) is 0 Å². The van der Waals surface area contributed by atoms with E-state index in [4.69, 9.17) is 4.74 Å². The quantitative estimate of drug-likeness (QED) is 0.457. The first-order valence-corrected chi connectivity index (χ1v) is 7.43. The van der Waals surface area contributed by atoms with Crippen LogP contribution in [0, 0.1) is 13.8 Å². The molecule has 0 unspecified atom stereocenters. The van der Waals surface area contributed by atoms with Gasteiger partial charge in [0.05, 0.1) is 0 Å². The number of benzene rings is 1. The molecule has 4 heteroatoms. The molecule has 0 amide bonds. The third kappa shape index (κ3) is 4.38.